The average Bonchev–Trinajstić information content (AvgIpc) is 3.31. The largest absolute Gasteiger partial charge is 0.465 e. The molecular weight excluding hydrogens is 350 g/mol. The number of aryl methyl sites for hydroxylation is 1. The lowest BCUT2D eigenvalue weighted by molar-refractivity contribution is -0.145. The maximum atomic E-state index is 13.1. The first-order valence-corrected chi connectivity index (χ1v) is 10.3. The van der Waals surface area contributed by atoms with E-state index in [2.05, 4.69) is 0 Å². The fraction of sp³-hybridized carbons (Fsp3) is 0.350. The molecule has 26 heavy (non-hydrogen) atoms. The zero-order chi connectivity index (χ0) is 18.9. The van der Waals surface area contributed by atoms with Crippen molar-refractivity contribution in [1.82, 2.24) is 0 Å². The molecule has 1 saturated carbocycles. The van der Waals surface area contributed by atoms with Gasteiger partial charge in [-0.05, 0) is 36.6 Å². The summed E-state index contributed by atoms with van der Waals surface area (Å²) < 4.78 is 31.4. The van der Waals surface area contributed by atoms with Gasteiger partial charge in [-0.1, -0.05) is 49.4 Å². The third-order valence-electron chi connectivity index (χ3n) is 4.96. The highest BCUT2D eigenvalue weighted by Crippen LogP contribution is 2.56. The van der Waals surface area contributed by atoms with Crippen LogP contribution in [0.3, 0.4) is 0 Å². The van der Waals surface area contributed by atoms with Crippen LogP contribution in [-0.4, -0.2) is 31.8 Å². The van der Waals surface area contributed by atoms with Crippen molar-refractivity contribution < 1.29 is 17.9 Å². The normalized spacial score (nSPS) is 24.9. The number of esters is 1. The van der Waals surface area contributed by atoms with Gasteiger partial charge in [0.25, 0.3) is 0 Å². The number of sulfone groups is 1. The molecule has 138 valence electrons. The molecule has 0 saturated heterocycles. The second-order valence-corrected chi connectivity index (χ2v) is 8.57. The fourth-order valence-corrected chi connectivity index (χ4v) is 5.73. The number of hydrogen-bond donors (Lipinski definition) is 1. The second kappa shape index (κ2) is 6.85. The molecule has 2 aromatic rings. The van der Waals surface area contributed by atoms with Crippen LogP contribution in [0, 0.1) is 0 Å². The SMILES string of the molecule is CCOC(=O)[C@@]1(N)[C@@H](c2ccc(CC)cc2)[C@@H]1S(=O)(=O)c1ccccc1. The number of rotatable bonds is 6. The lowest BCUT2D eigenvalue weighted by Gasteiger charge is -2.11. The summed E-state index contributed by atoms with van der Waals surface area (Å²) >= 11 is 0. The summed E-state index contributed by atoms with van der Waals surface area (Å²) in [4.78, 5) is 12.7. The molecule has 2 aromatic carbocycles. The fourth-order valence-electron chi connectivity index (χ4n) is 3.48. The second-order valence-electron chi connectivity index (χ2n) is 6.50. The molecule has 3 atom stereocenters. The van der Waals surface area contributed by atoms with Crippen molar-refractivity contribution in [1.29, 1.82) is 0 Å². The van der Waals surface area contributed by atoms with Gasteiger partial charge in [-0.25, -0.2) is 13.2 Å². The molecule has 1 aliphatic carbocycles. The molecule has 0 amide bonds. The van der Waals surface area contributed by atoms with E-state index in [-0.39, 0.29) is 11.5 Å². The Labute approximate surface area is 154 Å². The van der Waals surface area contributed by atoms with Crippen LogP contribution in [0.1, 0.15) is 30.9 Å². The highest BCUT2D eigenvalue weighted by atomic mass is 32.2. The molecule has 1 aliphatic rings. The number of carbonyl (C=O) groups excluding carboxylic acids is 1. The van der Waals surface area contributed by atoms with Crippen LogP contribution in [-0.2, 0) is 25.8 Å². The molecule has 6 heteroatoms. The van der Waals surface area contributed by atoms with Crippen molar-refractivity contribution in [3.63, 3.8) is 0 Å². The van der Waals surface area contributed by atoms with E-state index in [0.717, 1.165) is 17.5 Å². The minimum Gasteiger partial charge on any atom is -0.465 e. The van der Waals surface area contributed by atoms with E-state index in [9.17, 15) is 13.2 Å². The van der Waals surface area contributed by atoms with Gasteiger partial charge in [-0.15, -0.1) is 0 Å². The first-order valence-electron chi connectivity index (χ1n) is 8.71. The Bertz CT molecular complexity index is 893. The molecule has 3 rings (SSSR count). The first-order chi connectivity index (χ1) is 12.4. The van der Waals surface area contributed by atoms with E-state index in [4.69, 9.17) is 10.5 Å². The maximum absolute atomic E-state index is 13.1. The van der Waals surface area contributed by atoms with E-state index in [1.54, 1.807) is 25.1 Å². The molecule has 0 aliphatic heterocycles. The van der Waals surface area contributed by atoms with Crippen molar-refractivity contribution in [2.75, 3.05) is 6.61 Å². The van der Waals surface area contributed by atoms with Crippen molar-refractivity contribution in [2.24, 2.45) is 5.73 Å². The molecular formula is C20H23NO4S. The van der Waals surface area contributed by atoms with Gasteiger partial charge in [0.2, 0.25) is 0 Å². The van der Waals surface area contributed by atoms with Gasteiger partial charge in [0.1, 0.15) is 10.8 Å². The van der Waals surface area contributed by atoms with E-state index in [1.165, 1.54) is 12.1 Å². The Hall–Kier alpha value is -2.18. The minimum absolute atomic E-state index is 0.150. The number of benzene rings is 2. The third kappa shape index (κ3) is 2.93. The predicted molar refractivity (Wildman–Crippen MR) is 99.5 cm³/mol. The van der Waals surface area contributed by atoms with Crippen molar-refractivity contribution in [3.8, 4) is 0 Å². The molecule has 0 radical (unpaired) electrons. The van der Waals surface area contributed by atoms with E-state index >= 15 is 0 Å². The Kier molecular flexibility index (Phi) is 4.90. The summed E-state index contributed by atoms with van der Waals surface area (Å²) in [5.74, 6) is -1.30. The van der Waals surface area contributed by atoms with Crippen LogP contribution in [0.5, 0.6) is 0 Å². The Balaban J connectivity index is 2.04. The number of nitrogens with two attached hydrogens (primary N) is 1. The van der Waals surface area contributed by atoms with Crippen molar-refractivity contribution in [3.05, 3.63) is 65.7 Å². The van der Waals surface area contributed by atoms with Crippen molar-refractivity contribution in [2.45, 2.75) is 41.9 Å². The van der Waals surface area contributed by atoms with E-state index in [1.807, 2.05) is 31.2 Å². The summed E-state index contributed by atoms with van der Waals surface area (Å²) in [6.07, 6.45) is 0.877. The summed E-state index contributed by atoms with van der Waals surface area (Å²) in [5.41, 5.74) is 6.64. The molecule has 1 fully saturated rings. The van der Waals surface area contributed by atoms with Gasteiger partial charge < -0.3 is 10.5 Å². The Morgan fingerprint density at radius 2 is 1.69 bits per heavy atom. The average molecular weight is 373 g/mol. The molecule has 5 nitrogen and oxygen atoms in total. The Morgan fingerprint density at radius 1 is 1.08 bits per heavy atom. The lowest BCUT2D eigenvalue weighted by Crippen LogP contribution is -2.41. The Morgan fingerprint density at radius 3 is 2.23 bits per heavy atom. The predicted octanol–water partition coefficient (Wildman–Crippen LogP) is 2.45. The summed E-state index contributed by atoms with van der Waals surface area (Å²) in [7, 11) is -3.78. The number of ether oxygens (including phenoxy) is 1. The van der Waals surface area contributed by atoms with Crippen LogP contribution in [0.15, 0.2) is 59.5 Å². The van der Waals surface area contributed by atoms with Crippen molar-refractivity contribution >= 4 is 15.8 Å². The topological polar surface area (TPSA) is 86.5 Å². The van der Waals surface area contributed by atoms with Crippen LogP contribution in [0.25, 0.3) is 0 Å². The number of hydrogen-bond acceptors (Lipinski definition) is 5. The number of carbonyl (C=O) groups is 1. The summed E-state index contributed by atoms with van der Waals surface area (Å²) in [6, 6.07) is 15.7. The monoisotopic (exact) mass is 373 g/mol. The first kappa shape index (κ1) is 18.6. The highest BCUT2D eigenvalue weighted by Gasteiger charge is 2.74. The molecule has 0 unspecified atom stereocenters. The van der Waals surface area contributed by atoms with Crippen LogP contribution < -0.4 is 5.73 Å². The standard InChI is InChI=1S/C20H23NO4S/c1-3-14-10-12-15(13-11-14)17-18(20(17,21)19(22)25-4-2)26(23,24)16-8-6-5-7-9-16/h5-13,17-18H,3-4,21H2,1-2H3/t17-,18-,20+/m0/s1. The lowest BCUT2D eigenvalue weighted by atomic mass is 10.0. The van der Waals surface area contributed by atoms with Crippen LogP contribution in [0.2, 0.25) is 0 Å². The molecule has 2 N–H and O–H groups in total. The van der Waals surface area contributed by atoms with Gasteiger partial charge in [0.15, 0.2) is 9.84 Å². The molecule has 0 bridgehead atoms. The van der Waals surface area contributed by atoms with Gasteiger partial charge in [0, 0.05) is 5.92 Å². The smallest absolute Gasteiger partial charge is 0.328 e. The zero-order valence-corrected chi connectivity index (χ0v) is 15.7. The van der Waals surface area contributed by atoms with Gasteiger partial charge >= 0.3 is 5.97 Å². The quantitative estimate of drug-likeness (QED) is 0.786. The minimum atomic E-state index is -3.78. The summed E-state index contributed by atoms with van der Waals surface area (Å²) in [6.45, 7) is 3.87. The highest BCUT2D eigenvalue weighted by molar-refractivity contribution is 7.92. The van der Waals surface area contributed by atoms with Gasteiger partial charge in [-0.3, -0.25) is 0 Å². The third-order valence-corrected chi connectivity index (χ3v) is 7.22. The maximum Gasteiger partial charge on any atom is 0.328 e. The molecule has 0 heterocycles. The van der Waals surface area contributed by atoms with Gasteiger partial charge in [0.05, 0.1) is 11.5 Å². The van der Waals surface area contributed by atoms with Crippen LogP contribution >= 0.6 is 0 Å². The zero-order valence-electron chi connectivity index (χ0n) is 14.9. The van der Waals surface area contributed by atoms with Crippen LogP contribution in [0.4, 0.5) is 0 Å². The molecule has 0 aromatic heterocycles. The summed E-state index contributed by atoms with van der Waals surface area (Å²) in [5, 5.41) is -1.04. The molecule has 0 spiro atoms. The van der Waals surface area contributed by atoms with Gasteiger partial charge in [-0.2, -0.15) is 0 Å². The van der Waals surface area contributed by atoms with E-state index in [0.29, 0.717) is 0 Å². The van der Waals surface area contributed by atoms with E-state index < -0.39 is 32.5 Å².